The predicted molar refractivity (Wildman–Crippen MR) is 64.3 cm³/mol. The van der Waals surface area contributed by atoms with E-state index in [4.69, 9.17) is 0 Å². The molecule has 2 heterocycles. The Balaban J connectivity index is 1.97. The van der Waals surface area contributed by atoms with Gasteiger partial charge in [0, 0.05) is 51.7 Å². The number of Topliss-reactive ketones (excluding diaryl/α,β-unsaturated/α-hetero) is 2. The van der Waals surface area contributed by atoms with Gasteiger partial charge in [0.05, 0.1) is 0 Å². The van der Waals surface area contributed by atoms with E-state index in [1.54, 1.807) is 48.0 Å². The Morgan fingerprint density at radius 2 is 1.33 bits per heavy atom. The molecule has 0 fully saturated rings. The van der Waals surface area contributed by atoms with Crippen LogP contribution in [0.4, 0.5) is 0 Å². The number of hydrogen-bond acceptors (Lipinski definition) is 4. The first-order valence-electron chi connectivity index (χ1n) is 5.60. The molecule has 0 aliphatic heterocycles. The maximum atomic E-state index is 11.8. The highest BCUT2D eigenvalue weighted by molar-refractivity contribution is 5.99. The topological polar surface area (TPSA) is 69.8 Å². The number of nitrogens with zero attached hydrogens (tertiary/aromatic N) is 4. The number of carbonyl (C=O) groups excluding carboxylic acids is 2. The molecule has 0 radical (unpaired) electrons. The summed E-state index contributed by atoms with van der Waals surface area (Å²) in [5.41, 5.74) is 0. The SMILES string of the molecule is Cn1ccnc1C(=O)CCC(=O)c1nccn1C. The van der Waals surface area contributed by atoms with E-state index in [-0.39, 0.29) is 24.4 Å². The van der Waals surface area contributed by atoms with Crippen molar-refractivity contribution in [3.63, 3.8) is 0 Å². The third kappa shape index (κ3) is 2.37. The molecule has 6 heteroatoms. The summed E-state index contributed by atoms with van der Waals surface area (Å²) in [6, 6.07) is 0. The van der Waals surface area contributed by atoms with Gasteiger partial charge in [-0.2, -0.15) is 0 Å². The van der Waals surface area contributed by atoms with Gasteiger partial charge in [0.2, 0.25) is 0 Å². The first-order chi connectivity index (χ1) is 8.59. The van der Waals surface area contributed by atoms with Crippen molar-refractivity contribution in [3.8, 4) is 0 Å². The maximum absolute atomic E-state index is 11.8. The van der Waals surface area contributed by atoms with Gasteiger partial charge < -0.3 is 9.13 Å². The molecule has 0 aliphatic rings. The molecule has 0 unspecified atom stereocenters. The molecule has 0 bridgehead atoms. The average Bonchev–Trinajstić information content (AvgIpc) is 2.94. The molecule has 0 aliphatic carbocycles. The summed E-state index contributed by atoms with van der Waals surface area (Å²) in [7, 11) is 3.50. The van der Waals surface area contributed by atoms with Crippen LogP contribution in [-0.2, 0) is 14.1 Å². The summed E-state index contributed by atoms with van der Waals surface area (Å²) in [5.74, 6) is 0.486. The molecule has 0 spiro atoms. The Labute approximate surface area is 104 Å². The predicted octanol–water partition coefficient (Wildman–Crippen LogP) is 0.999. The van der Waals surface area contributed by atoms with Gasteiger partial charge in [0.1, 0.15) is 0 Å². The Morgan fingerprint density at radius 1 is 0.944 bits per heavy atom. The largest absolute Gasteiger partial charge is 0.332 e. The second-order valence-corrected chi connectivity index (χ2v) is 4.07. The minimum atomic E-state index is -0.134. The van der Waals surface area contributed by atoms with E-state index in [0.29, 0.717) is 11.6 Å². The molecule has 2 rings (SSSR count). The third-order valence-electron chi connectivity index (χ3n) is 2.72. The second-order valence-electron chi connectivity index (χ2n) is 4.07. The maximum Gasteiger partial charge on any atom is 0.198 e. The number of imidazole rings is 2. The average molecular weight is 246 g/mol. The zero-order chi connectivity index (χ0) is 13.1. The summed E-state index contributed by atoms with van der Waals surface area (Å²) < 4.78 is 3.29. The van der Waals surface area contributed by atoms with Gasteiger partial charge in [-0.3, -0.25) is 9.59 Å². The molecule has 0 amide bonds. The standard InChI is InChI=1S/C12H14N4O2/c1-15-7-5-13-11(15)9(17)3-4-10(18)12-14-6-8-16(12)2/h5-8H,3-4H2,1-2H3. The lowest BCUT2D eigenvalue weighted by atomic mass is 10.1. The monoisotopic (exact) mass is 246 g/mol. The van der Waals surface area contributed by atoms with Gasteiger partial charge in [0.25, 0.3) is 0 Å². The lowest BCUT2D eigenvalue weighted by molar-refractivity contribution is 0.0903. The first kappa shape index (κ1) is 12.2. The van der Waals surface area contributed by atoms with E-state index in [0.717, 1.165) is 0 Å². The van der Waals surface area contributed by atoms with Crippen LogP contribution in [-0.4, -0.2) is 30.7 Å². The molecule has 6 nitrogen and oxygen atoms in total. The minimum Gasteiger partial charge on any atom is -0.332 e. The molecule has 2 aromatic rings. The van der Waals surface area contributed by atoms with Crippen LogP contribution in [0.1, 0.15) is 34.1 Å². The van der Waals surface area contributed by atoms with E-state index in [1.165, 1.54) is 0 Å². The molecule has 0 saturated carbocycles. The molecule has 0 atom stereocenters. The van der Waals surface area contributed by atoms with Gasteiger partial charge in [0.15, 0.2) is 23.2 Å². The van der Waals surface area contributed by atoms with Gasteiger partial charge in [-0.1, -0.05) is 0 Å². The highest BCUT2D eigenvalue weighted by Gasteiger charge is 2.16. The number of aryl methyl sites for hydroxylation is 2. The molecule has 94 valence electrons. The fourth-order valence-corrected chi connectivity index (χ4v) is 1.72. The van der Waals surface area contributed by atoms with Crippen LogP contribution in [0.3, 0.4) is 0 Å². The van der Waals surface area contributed by atoms with Crippen molar-refractivity contribution >= 4 is 11.6 Å². The van der Waals surface area contributed by atoms with Crippen molar-refractivity contribution in [2.45, 2.75) is 12.8 Å². The van der Waals surface area contributed by atoms with E-state index < -0.39 is 0 Å². The Bertz CT molecular complexity index is 530. The summed E-state index contributed by atoms with van der Waals surface area (Å²) in [6.07, 6.45) is 6.83. The van der Waals surface area contributed by atoms with Crippen molar-refractivity contribution in [2.75, 3.05) is 0 Å². The summed E-state index contributed by atoms with van der Waals surface area (Å²) in [6.45, 7) is 0. The fourth-order valence-electron chi connectivity index (χ4n) is 1.72. The number of ketones is 2. The summed E-state index contributed by atoms with van der Waals surface area (Å²) in [5, 5.41) is 0. The number of carbonyl (C=O) groups is 2. The number of hydrogen-bond donors (Lipinski definition) is 0. The molecular formula is C12H14N4O2. The smallest absolute Gasteiger partial charge is 0.198 e. The van der Waals surface area contributed by atoms with Crippen molar-refractivity contribution in [3.05, 3.63) is 36.4 Å². The van der Waals surface area contributed by atoms with Gasteiger partial charge >= 0.3 is 0 Å². The summed E-state index contributed by atoms with van der Waals surface area (Å²) in [4.78, 5) is 31.6. The highest BCUT2D eigenvalue weighted by Crippen LogP contribution is 2.06. The lowest BCUT2D eigenvalue weighted by Gasteiger charge is -2.01. The zero-order valence-electron chi connectivity index (χ0n) is 10.3. The third-order valence-corrected chi connectivity index (χ3v) is 2.72. The van der Waals surface area contributed by atoms with Gasteiger partial charge in [-0.25, -0.2) is 9.97 Å². The van der Waals surface area contributed by atoms with Crippen molar-refractivity contribution in [1.29, 1.82) is 0 Å². The van der Waals surface area contributed by atoms with E-state index in [9.17, 15) is 9.59 Å². The molecule has 0 saturated heterocycles. The summed E-state index contributed by atoms with van der Waals surface area (Å²) >= 11 is 0. The molecule has 0 N–H and O–H groups in total. The van der Waals surface area contributed by atoms with Crippen LogP contribution >= 0.6 is 0 Å². The molecule has 18 heavy (non-hydrogen) atoms. The number of rotatable bonds is 5. The Kier molecular flexibility index (Phi) is 3.36. The Hall–Kier alpha value is -2.24. The zero-order valence-corrected chi connectivity index (χ0v) is 10.3. The van der Waals surface area contributed by atoms with Gasteiger partial charge in [-0.15, -0.1) is 0 Å². The van der Waals surface area contributed by atoms with Crippen molar-refractivity contribution in [1.82, 2.24) is 19.1 Å². The number of aromatic nitrogens is 4. The van der Waals surface area contributed by atoms with Crippen molar-refractivity contribution in [2.24, 2.45) is 14.1 Å². The van der Waals surface area contributed by atoms with Crippen LogP contribution in [0, 0.1) is 0 Å². The van der Waals surface area contributed by atoms with E-state index >= 15 is 0 Å². The van der Waals surface area contributed by atoms with Gasteiger partial charge in [-0.05, 0) is 0 Å². The van der Waals surface area contributed by atoms with Crippen LogP contribution in [0.25, 0.3) is 0 Å². The lowest BCUT2D eigenvalue weighted by Crippen LogP contribution is -2.12. The van der Waals surface area contributed by atoms with Crippen LogP contribution in [0.15, 0.2) is 24.8 Å². The first-order valence-corrected chi connectivity index (χ1v) is 5.60. The second kappa shape index (κ2) is 4.95. The minimum absolute atomic E-state index is 0.134. The van der Waals surface area contributed by atoms with Crippen LogP contribution < -0.4 is 0 Å². The van der Waals surface area contributed by atoms with Crippen LogP contribution in [0.5, 0.6) is 0 Å². The van der Waals surface area contributed by atoms with Crippen LogP contribution in [0.2, 0.25) is 0 Å². The quantitative estimate of drug-likeness (QED) is 0.738. The normalized spacial score (nSPS) is 10.6. The Morgan fingerprint density at radius 3 is 1.61 bits per heavy atom. The van der Waals surface area contributed by atoms with E-state index in [1.807, 2.05) is 0 Å². The van der Waals surface area contributed by atoms with Crippen molar-refractivity contribution < 1.29 is 9.59 Å². The fraction of sp³-hybridized carbons (Fsp3) is 0.333. The molecular weight excluding hydrogens is 232 g/mol. The molecule has 0 aromatic carbocycles. The van der Waals surface area contributed by atoms with E-state index in [2.05, 4.69) is 9.97 Å². The molecule has 2 aromatic heterocycles. The highest BCUT2D eigenvalue weighted by atomic mass is 16.1.